The molecule has 2 aromatic carbocycles. The zero-order valence-electron chi connectivity index (χ0n) is 16.0. The van der Waals surface area contributed by atoms with Gasteiger partial charge in [-0.15, -0.1) is 0 Å². The molecule has 1 heterocycles. The number of amides is 2. The van der Waals surface area contributed by atoms with E-state index in [4.69, 9.17) is 0 Å². The van der Waals surface area contributed by atoms with Crippen molar-refractivity contribution >= 4 is 27.3 Å². The summed E-state index contributed by atoms with van der Waals surface area (Å²) in [7, 11) is -4.73. The van der Waals surface area contributed by atoms with E-state index in [2.05, 4.69) is 15.6 Å². The Kier molecular flexibility index (Phi) is 6.71. The van der Waals surface area contributed by atoms with Crippen molar-refractivity contribution in [2.75, 3.05) is 5.32 Å². The first-order chi connectivity index (χ1) is 14.8. The number of nitrogens with zero attached hydrogens (tertiary/aromatic N) is 1. The molecule has 0 bridgehead atoms. The summed E-state index contributed by atoms with van der Waals surface area (Å²) in [4.78, 5) is 28.3. The minimum Gasteiger partial charge on any atom is -0.346 e. The van der Waals surface area contributed by atoms with Gasteiger partial charge in [-0.2, -0.15) is 8.78 Å². The Morgan fingerprint density at radius 3 is 2.29 bits per heavy atom. The molecule has 2 amide bonds. The molecule has 0 atom stereocenters. The van der Waals surface area contributed by atoms with E-state index in [0.29, 0.717) is 16.9 Å². The highest BCUT2D eigenvalue weighted by Crippen LogP contribution is 2.19. The molecule has 10 heteroatoms. The number of hydrogen-bond donors (Lipinski definition) is 2. The highest BCUT2D eigenvalue weighted by atomic mass is 32.2. The fourth-order valence-corrected chi connectivity index (χ4v) is 3.34. The van der Waals surface area contributed by atoms with Crippen molar-refractivity contribution in [3.8, 4) is 0 Å². The highest BCUT2D eigenvalue weighted by Gasteiger charge is 2.26. The van der Waals surface area contributed by atoms with E-state index in [0.717, 1.165) is 24.3 Å². The van der Waals surface area contributed by atoms with E-state index in [1.54, 1.807) is 42.6 Å². The second kappa shape index (κ2) is 9.43. The highest BCUT2D eigenvalue weighted by molar-refractivity contribution is 7.91. The number of carbonyl (C=O) groups is 2. The van der Waals surface area contributed by atoms with Gasteiger partial charge in [-0.05, 0) is 54.6 Å². The fourth-order valence-electron chi connectivity index (χ4n) is 2.62. The summed E-state index contributed by atoms with van der Waals surface area (Å²) in [5.41, 5.74) is 1.41. The number of rotatable bonds is 7. The SMILES string of the molecule is O=C(NCc1ccccn1)c1cccc(NC(=O)c2ccc(S(=O)(=O)C(F)F)cc2)c1. The van der Waals surface area contributed by atoms with Crippen LogP contribution < -0.4 is 10.6 Å². The van der Waals surface area contributed by atoms with Crippen molar-refractivity contribution < 1.29 is 26.8 Å². The number of hydrogen-bond acceptors (Lipinski definition) is 5. The molecule has 0 aliphatic carbocycles. The predicted molar refractivity (Wildman–Crippen MR) is 109 cm³/mol. The molecule has 0 fully saturated rings. The smallest absolute Gasteiger partial charge is 0.341 e. The van der Waals surface area contributed by atoms with Gasteiger partial charge in [0.25, 0.3) is 11.8 Å². The minimum atomic E-state index is -4.73. The van der Waals surface area contributed by atoms with Crippen molar-refractivity contribution in [1.82, 2.24) is 10.3 Å². The van der Waals surface area contributed by atoms with Gasteiger partial charge < -0.3 is 10.6 Å². The van der Waals surface area contributed by atoms with Gasteiger partial charge in [0, 0.05) is 23.0 Å². The largest absolute Gasteiger partial charge is 0.346 e. The van der Waals surface area contributed by atoms with E-state index in [1.165, 1.54) is 6.07 Å². The molecule has 160 valence electrons. The predicted octanol–water partition coefficient (Wildman–Crippen LogP) is 3.26. The number of nitrogens with one attached hydrogen (secondary N) is 2. The summed E-state index contributed by atoms with van der Waals surface area (Å²) in [6, 6.07) is 15.7. The van der Waals surface area contributed by atoms with Crippen LogP contribution in [0.2, 0.25) is 0 Å². The Morgan fingerprint density at radius 2 is 1.65 bits per heavy atom. The van der Waals surface area contributed by atoms with Crippen LogP contribution in [0.5, 0.6) is 0 Å². The maximum atomic E-state index is 12.6. The van der Waals surface area contributed by atoms with Crippen molar-refractivity contribution in [2.24, 2.45) is 0 Å². The zero-order chi connectivity index (χ0) is 22.4. The van der Waals surface area contributed by atoms with Gasteiger partial charge in [0.2, 0.25) is 9.84 Å². The topological polar surface area (TPSA) is 105 Å². The van der Waals surface area contributed by atoms with Crippen LogP contribution in [-0.2, 0) is 16.4 Å². The normalized spacial score (nSPS) is 11.2. The van der Waals surface area contributed by atoms with E-state index < -0.39 is 26.4 Å². The number of pyridine rings is 1. The maximum Gasteiger partial charge on any atom is 0.341 e. The number of anilines is 1. The van der Waals surface area contributed by atoms with Gasteiger partial charge in [-0.25, -0.2) is 8.42 Å². The van der Waals surface area contributed by atoms with Crippen LogP contribution in [0.1, 0.15) is 26.4 Å². The molecule has 31 heavy (non-hydrogen) atoms. The number of carbonyl (C=O) groups excluding carboxylic acids is 2. The average Bonchev–Trinajstić information content (AvgIpc) is 2.78. The van der Waals surface area contributed by atoms with Crippen molar-refractivity contribution in [1.29, 1.82) is 0 Å². The van der Waals surface area contributed by atoms with Crippen LogP contribution in [-0.4, -0.2) is 31.0 Å². The fraction of sp³-hybridized carbons (Fsp3) is 0.0952. The van der Waals surface area contributed by atoms with Gasteiger partial charge in [0.1, 0.15) is 0 Å². The Morgan fingerprint density at radius 1 is 0.903 bits per heavy atom. The van der Waals surface area contributed by atoms with E-state index in [1.807, 2.05) is 0 Å². The lowest BCUT2D eigenvalue weighted by Crippen LogP contribution is -2.23. The number of aromatic nitrogens is 1. The zero-order valence-corrected chi connectivity index (χ0v) is 16.8. The molecule has 0 saturated heterocycles. The Hall–Kier alpha value is -3.66. The molecule has 0 radical (unpaired) electrons. The molecule has 0 spiro atoms. The first-order valence-corrected chi connectivity index (χ1v) is 10.5. The summed E-state index contributed by atoms with van der Waals surface area (Å²) in [5, 5.41) is 5.30. The van der Waals surface area contributed by atoms with Gasteiger partial charge in [-0.3, -0.25) is 14.6 Å². The van der Waals surface area contributed by atoms with Gasteiger partial charge in [-0.1, -0.05) is 12.1 Å². The molecule has 0 aliphatic heterocycles. The summed E-state index contributed by atoms with van der Waals surface area (Å²) in [6.07, 6.45) is 1.62. The third-order valence-corrected chi connectivity index (χ3v) is 5.62. The van der Waals surface area contributed by atoms with E-state index >= 15 is 0 Å². The molecule has 7 nitrogen and oxygen atoms in total. The summed E-state index contributed by atoms with van der Waals surface area (Å²) >= 11 is 0. The van der Waals surface area contributed by atoms with Crippen molar-refractivity contribution in [3.63, 3.8) is 0 Å². The molecule has 3 aromatic rings. The first kappa shape index (κ1) is 22.0. The van der Waals surface area contributed by atoms with Crippen molar-refractivity contribution in [2.45, 2.75) is 17.2 Å². The van der Waals surface area contributed by atoms with Gasteiger partial charge >= 0.3 is 5.76 Å². The van der Waals surface area contributed by atoms with Crippen LogP contribution in [0.3, 0.4) is 0 Å². The molecule has 0 saturated carbocycles. The van der Waals surface area contributed by atoms with Crippen molar-refractivity contribution in [3.05, 3.63) is 89.7 Å². The second-order valence-corrected chi connectivity index (χ2v) is 8.29. The molecular weight excluding hydrogens is 428 g/mol. The van der Waals surface area contributed by atoms with Crippen LogP contribution in [0.15, 0.2) is 77.8 Å². The Balaban J connectivity index is 1.66. The third-order valence-electron chi connectivity index (χ3n) is 4.22. The third kappa shape index (κ3) is 5.48. The number of halogens is 2. The summed E-state index contributed by atoms with van der Waals surface area (Å²) < 4.78 is 48.1. The van der Waals surface area contributed by atoms with E-state index in [-0.39, 0.29) is 18.0 Å². The molecule has 0 unspecified atom stereocenters. The summed E-state index contributed by atoms with van der Waals surface area (Å²) in [5.74, 6) is -4.49. The van der Waals surface area contributed by atoms with Crippen LogP contribution in [0.4, 0.5) is 14.5 Å². The second-order valence-electron chi connectivity index (χ2n) is 6.37. The minimum absolute atomic E-state index is 0.0678. The monoisotopic (exact) mass is 445 g/mol. The maximum absolute atomic E-state index is 12.6. The van der Waals surface area contributed by atoms with E-state index in [9.17, 15) is 26.8 Å². The Bertz CT molecular complexity index is 1180. The lowest BCUT2D eigenvalue weighted by Gasteiger charge is -2.09. The Labute approximate surface area is 177 Å². The first-order valence-electron chi connectivity index (χ1n) is 8.99. The van der Waals surface area contributed by atoms with Crippen LogP contribution in [0.25, 0.3) is 0 Å². The number of sulfone groups is 1. The average molecular weight is 445 g/mol. The lowest BCUT2D eigenvalue weighted by atomic mass is 10.1. The number of benzene rings is 2. The summed E-state index contributed by atoms with van der Waals surface area (Å²) in [6.45, 7) is 0.240. The molecule has 3 rings (SSSR count). The quantitative estimate of drug-likeness (QED) is 0.581. The molecular formula is C21H17F2N3O4S. The molecule has 2 N–H and O–H groups in total. The van der Waals surface area contributed by atoms with Gasteiger partial charge in [0.05, 0.1) is 17.1 Å². The lowest BCUT2D eigenvalue weighted by molar-refractivity contribution is 0.0949. The standard InChI is InChI=1S/C21H17F2N3O4S/c22-21(23)31(29,30)18-9-7-14(8-10-18)20(28)26-16-6-3-4-15(12-16)19(27)25-13-17-5-1-2-11-24-17/h1-12,21H,13H2,(H,25,27)(H,26,28). The van der Waals surface area contributed by atoms with Crippen LogP contribution >= 0.6 is 0 Å². The molecule has 0 aliphatic rings. The number of alkyl halides is 2. The van der Waals surface area contributed by atoms with Crippen LogP contribution in [0, 0.1) is 0 Å². The van der Waals surface area contributed by atoms with Gasteiger partial charge in [0.15, 0.2) is 0 Å². The molecule has 1 aromatic heterocycles.